The summed E-state index contributed by atoms with van der Waals surface area (Å²) in [7, 11) is 0. The molecule has 0 bridgehead atoms. The van der Waals surface area contributed by atoms with Gasteiger partial charge in [-0.2, -0.15) is 5.26 Å². The number of nitrogens with one attached hydrogen (secondary N) is 3. The Morgan fingerprint density at radius 2 is 1.79 bits per heavy atom. The lowest BCUT2D eigenvalue weighted by molar-refractivity contribution is 0.102. The number of urea groups is 1. The van der Waals surface area contributed by atoms with Gasteiger partial charge in [-0.3, -0.25) is 4.79 Å². The van der Waals surface area contributed by atoms with Crippen molar-refractivity contribution in [2.45, 2.75) is 32.1 Å². The van der Waals surface area contributed by atoms with E-state index in [1.165, 1.54) is 18.4 Å². The highest BCUT2D eigenvalue weighted by Gasteiger charge is 2.09. The standard InChI is InChI=1S/C23H24N4O2/c24-16-18-8-4-10-20(14-18)26-22(28)19-9-5-11-21(15-19)27-23(29)25-13-12-17-6-2-1-3-7-17/h4-6,8-11,14-15H,1-3,7,12-13H2,(H,26,28)(H2,25,27,29). The van der Waals surface area contributed by atoms with Crippen LogP contribution in [0.5, 0.6) is 0 Å². The quantitative estimate of drug-likeness (QED) is 0.619. The number of hydrogen-bond acceptors (Lipinski definition) is 3. The molecule has 0 atom stereocenters. The Balaban J connectivity index is 1.53. The molecule has 1 aliphatic carbocycles. The van der Waals surface area contributed by atoms with E-state index in [2.05, 4.69) is 22.0 Å². The van der Waals surface area contributed by atoms with Crippen LogP contribution in [0.15, 0.2) is 60.2 Å². The van der Waals surface area contributed by atoms with Crippen LogP contribution in [0.2, 0.25) is 0 Å². The first-order valence-electron chi connectivity index (χ1n) is 9.78. The molecule has 0 saturated carbocycles. The lowest BCUT2D eigenvalue weighted by atomic mass is 9.97. The fourth-order valence-corrected chi connectivity index (χ4v) is 3.25. The van der Waals surface area contributed by atoms with Crippen LogP contribution in [-0.4, -0.2) is 18.5 Å². The molecule has 6 nitrogen and oxygen atoms in total. The monoisotopic (exact) mass is 388 g/mol. The van der Waals surface area contributed by atoms with Gasteiger partial charge in [-0.15, -0.1) is 0 Å². The molecule has 0 heterocycles. The number of hydrogen-bond donors (Lipinski definition) is 3. The van der Waals surface area contributed by atoms with Gasteiger partial charge >= 0.3 is 6.03 Å². The molecule has 0 fully saturated rings. The van der Waals surface area contributed by atoms with E-state index >= 15 is 0 Å². The molecule has 0 aliphatic heterocycles. The molecule has 0 radical (unpaired) electrons. The van der Waals surface area contributed by atoms with Gasteiger partial charge in [0, 0.05) is 23.5 Å². The Kier molecular flexibility index (Phi) is 7.01. The van der Waals surface area contributed by atoms with E-state index < -0.39 is 0 Å². The van der Waals surface area contributed by atoms with Crippen LogP contribution < -0.4 is 16.0 Å². The maximum absolute atomic E-state index is 12.5. The van der Waals surface area contributed by atoms with Gasteiger partial charge in [0.1, 0.15) is 0 Å². The van der Waals surface area contributed by atoms with Crippen LogP contribution >= 0.6 is 0 Å². The molecule has 1 aliphatic rings. The van der Waals surface area contributed by atoms with Gasteiger partial charge in [-0.25, -0.2) is 4.79 Å². The van der Waals surface area contributed by atoms with Gasteiger partial charge in [0.15, 0.2) is 0 Å². The van der Waals surface area contributed by atoms with Crippen LogP contribution in [0, 0.1) is 11.3 Å². The fraction of sp³-hybridized carbons (Fsp3) is 0.261. The number of nitriles is 1. The molecule has 3 amide bonds. The van der Waals surface area contributed by atoms with Gasteiger partial charge in [0.2, 0.25) is 0 Å². The van der Waals surface area contributed by atoms with Crippen molar-refractivity contribution in [1.82, 2.24) is 5.32 Å². The number of allylic oxidation sites excluding steroid dienone is 1. The third kappa shape index (κ3) is 6.22. The van der Waals surface area contributed by atoms with Gasteiger partial charge in [0.05, 0.1) is 11.6 Å². The number of carbonyl (C=O) groups is 2. The maximum atomic E-state index is 12.5. The van der Waals surface area contributed by atoms with E-state index in [1.807, 2.05) is 6.07 Å². The van der Waals surface area contributed by atoms with E-state index in [1.54, 1.807) is 48.5 Å². The van der Waals surface area contributed by atoms with Gasteiger partial charge in [-0.05, 0) is 68.5 Å². The largest absolute Gasteiger partial charge is 0.338 e. The molecular formula is C23H24N4O2. The zero-order chi connectivity index (χ0) is 20.5. The molecule has 0 aromatic heterocycles. The Morgan fingerprint density at radius 1 is 1.00 bits per heavy atom. The SMILES string of the molecule is N#Cc1cccc(NC(=O)c2cccc(NC(=O)NCCC3=CCCCC3)c2)c1. The summed E-state index contributed by atoms with van der Waals surface area (Å²) >= 11 is 0. The topological polar surface area (TPSA) is 94.0 Å². The van der Waals surface area contributed by atoms with Crippen molar-refractivity contribution >= 4 is 23.3 Å². The van der Waals surface area contributed by atoms with E-state index in [0.717, 1.165) is 19.3 Å². The van der Waals surface area contributed by atoms with Crippen LogP contribution in [0.1, 0.15) is 48.0 Å². The normalized spacial score (nSPS) is 13.0. The highest BCUT2D eigenvalue weighted by Crippen LogP contribution is 2.19. The molecule has 0 saturated heterocycles. The van der Waals surface area contributed by atoms with Crippen molar-refractivity contribution < 1.29 is 9.59 Å². The van der Waals surface area contributed by atoms with E-state index in [0.29, 0.717) is 29.0 Å². The minimum atomic E-state index is -0.312. The first-order chi connectivity index (χ1) is 14.1. The summed E-state index contributed by atoms with van der Waals surface area (Å²) in [6.45, 7) is 0.590. The summed E-state index contributed by atoms with van der Waals surface area (Å²) in [4.78, 5) is 24.6. The third-order valence-corrected chi connectivity index (χ3v) is 4.75. The van der Waals surface area contributed by atoms with Crippen LogP contribution in [0.3, 0.4) is 0 Å². The second-order valence-corrected chi connectivity index (χ2v) is 6.97. The molecule has 148 valence electrons. The lowest BCUT2D eigenvalue weighted by Crippen LogP contribution is -2.29. The molecule has 6 heteroatoms. The van der Waals surface area contributed by atoms with E-state index in [4.69, 9.17) is 5.26 Å². The van der Waals surface area contributed by atoms with Crippen molar-refractivity contribution in [2.75, 3.05) is 17.2 Å². The maximum Gasteiger partial charge on any atom is 0.319 e. The highest BCUT2D eigenvalue weighted by molar-refractivity contribution is 6.05. The molecule has 3 rings (SSSR count). The van der Waals surface area contributed by atoms with Gasteiger partial charge < -0.3 is 16.0 Å². The van der Waals surface area contributed by atoms with Crippen LogP contribution in [-0.2, 0) is 0 Å². The Morgan fingerprint density at radius 3 is 2.55 bits per heavy atom. The zero-order valence-electron chi connectivity index (χ0n) is 16.2. The number of benzene rings is 2. The predicted molar refractivity (Wildman–Crippen MR) is 114 cm³/mol. The first kappa shape index (κ1) is 20.2. The smallest absolute Gasteiger partial charge is 0.319 e. The fourth-order valence-electron chi connectivity index (χ4n) is 3.25. The van der Waals surface area contributed by atoms with Crippen molar-refractivity contribution in [3.8, 4) is 6.07 Å². The number of amides is 3. The third-order valence-electron chi connectivity index (χ3n) is 4.75. The van der Waals surface area contributed by atoms with Crippen LogP contribution in [0.25, 0.3) is 0 Å². The predicted octanol–water partition coefficient (Wildman–Crippen LogP) is 4.82. The minimum absolute atomic E-state index is 0.291. The summed E-state index contributed by atoms with van der Waals surface area (Å²) in [5.41, 5.74) is 3.38. The second kappa shape index (κ2) is 10.1. The molecule has 0 unspecified atom stereocenters. The average molecular weight is 388 g/mol. The number of carbonyl (C=O) groups excluding carboxylic acids is 2. The van der Waals surface area contributed by atoms with Crippen molar-refractivity contribution in [2.24, 2.45) is 0 Å². The molecule has 2 aromatic carbocycles. The summed E-state index contributed by atoms with van der Waals surface area (Å²) in [6.07, 6.45) is 7.89. The Hall–Kier alpha value is -3.59. The Bertz CT molecular complexity index is 959. The van der Waals surface area contributed by atoms with Gasteiger partial charge in [0.25, 0.3) is 5.91 Å². The summed E-state index contributed by atoms with van der Waals surface area (Å²) < 4.78 is 0. The number of rotatable bonds is 6. The second-order valence-electron chi connectivity index (χ2n) is 6.97. The van der Waals surface area contributed by atoms with Crippen molar-refractivity contribution in [3.05, 3.63) is 71.3 Å². The van der Waals surface area contributed by atoms with Crippen molar-refractivity contribution in [3.63, 3.8) is 0 Å². The highest BCUT2D eigenvalue weighted by atomic mass is 16.2. The summed E-state index contributed by atoms with van der Waals surface area (Å²) in [6, 6.07) is 15.2. The summed E-state index contributed by atoms with van der Waals surface area (Å²) in [5, 5.41) is 17.3. The molecule has 0 spiro atoms. The first-order valence-corrected chi connectivity index (χ1v) is 9.78. The molecule has 2 aromatic rings. The lowest BCUT2D eigenvalue weighted by Gasteiger charge is -2.13. The van der Waals surface area contributed by atoms with Gasteiger partial charge in [-0.1, -0.05) is 23.8 Å². The van der Waals surface area contributed by atoms with Crippen molar-refractivity contribution in [1.29, 1.82) is 5.26 Å². The molecular weight excluding hydrogens is 364 g/mol. The van der Waals surface area contributed by atoms with E-state index in [-0.39, 0.29) is 11.9 Å². The number of nitrogens with zero attached hydrogens (tertiary/aromatic N) is 1. The zero-order valence-corrected chi connectivity index (χ0v) is 16.2. The molecule has 3 N–H and O–H groups in total. The Labute approximate surface area is 170 Å². The summed E-state index contributed by atoms with van der Waals surface area (Å²) in [5.74, 6) is -0.312. The van der Waals surface area contributed by atoms with Crippen LogP contribution in [0.4, 0.5) is 16.2 Å². The number of anilines is 2. The molecule has 29 heavy (non-hydrogen) atoms. The van der Waals surface area contributed by atoms with E-state index in [9.17, 15) is 9.59 Å². The average Bonchev–Trinajstić information content (AvgIpc) is 2.75. The minimum Gasteiger partial charge on any atom is -0.338 e.